The molecule has 7 rings (SSSR count). The maximum absolute atomic E-state index is 15.4. The van der Waals surface area contributed by atoms with Gasteiger partial charge >= 0.3 is 11.9 Å². The lowest BCUT2D eigenvalue weighted by Crippen LogP contribution is -2.39. The van der Waals surface area contributed by atoms with Crippen LogP contribution in [-0.4, -0.2) is 43.2 Å². The fourth-order valence-corrected chi connectivity index (χ4v) is 5.77. The molecule has 0 bridgehead atoms. The highest BCUT2D eigenvalue weighted by Gasteiger charge is 2.62. The molecular weight excluding hydrogens is 508 g/mol. The van der Waals surface area contributed by atoms with Gasteiger partial charge in [-0.05, 0) is 54.9 Å². The van der Waals surface area contributed by atoms with E-state index in [9.17, 15) is 27.6 Å². The smallest absolute Gasteiger partial charge is 0.313 e. The number of amides is 1. The van der Waals surface area contributed by atoms with Crippen LogP contribution in [-0.2, 0) is 10.2 Å². The van der Waals surface area contributed by atoms with Gasteiger partial charge in [-0.15, -0.1) is 0 Å². The van der Waals surface area contributed by atoms with Crippen molar-refractivity contribution in [2.75, 3.05) is 11.4 Å². The first-order chi connectivity index (χ1) is 18.1. The Hall–Kier alpha value is -4.29. The molecule has 3 aliphatic rings. The summed E-state index contributed by atoms with van der Waals surface area (Å²) in [4.78, 5) is 46.3. The number of alkyl halides is 3. The van der Waals surface area contributed by atoms with Crippen molar-refractivity contribution in [3.05, 3.63) is 80.1 Å². The number of aromatic amines is 2. The lowest BCUT2D eigenvalue weighted by molar-refractivity contribution is -0.132. The van der Waals surface area contributed by atoms with Crippen LogP contribution in [0.3, 0.4) is 0 Å². The lowest BCUT2D eigenvalue weighted by Gasteiger charge is -2.20. The molecule has 13 heteroatoms. The van der Waals surface area contributed by atoms with Gasteiger partial charge in [-0.2, -0.15) is 18.3 Å². The second kappa shape index (κ2) is 7.39. The number of carbonyl (C=O) groups is 1. The quantitative estimate of drug-likeness (QED) is 0.397. The van der Waals surface area contributed by atoms with Crippen LogP contribution in [0.15, 0.2) is 46.4 Å². The van der Waals surface area contributed by atoms with Gasteiger partial charge in [0, 0.05) is 29.7 Å². The highest BCUT2D eigenvalue weighted by Crippen LogP contribution is 2.61. The zero-order chi connectivity index (χ0) is 26.6. The Balaban J connectivity index is 1.29. The number of nitrogens with zero attached hydrogens (tertiary/aromatic N) is 4. The number of imidazole rings is 1. The number of hydrogen-bond acceptors (Lipinski definition) is 5. The highest BCUT2D eigenvalue weighted by molar-refractivity contribution is 6.10. The van der Waals surface area contributed by atoms with Gasteiger partial charge in [-0.25, -0.2) is 18.7 Å². The fourth-order valence-electron chi connectivity index (χ4n) is 5.77. The molecular formula is C25H18F4N6O3. The summed E-state index contributed by atoms with van der Waals surface area (Å²) >= 11 is 0. The first-order valence-corrected chi connectivity index (χ1v) is 11.9. The summed E-state index contributed by atoms with van der Waals surface area (Å²) in [6.45, 7) is -1.46. The standard InChI is InChI=1S/C25H18F4N6O3/c26-16-5-11(6-18-19(16)24(1-2-24)22(37)34(18)10-25(27,28)29)12-7-13(12)14-8-17(33-35-4-3-30-20(14)35)15-9-31-23(38)32-21(15)36/h3-6,8-9,12-13H,1-2,7,10H2,(H2,31,32,36,38)/t12-,13+/m1/s1. The number of H-pyrrole nitrogens is 2. The summed E-state index contributed by atoms with van der Waals surface area (Å²) in [5.41, 5.74) is -0.250. The first kappa shape index (κ1) is 22.9. The summed E-state index contributed by atoms with van der Waals surface area (Å²) in [6.07, 6.45) is 0.995. The van der Waals surface area contributed by atoms with Gasteiger partial charge in [-0.1, -0.05) is 0 Å². The molecule has 1 amide bonds. The molecule has 1 aliphatic heterocycles. The average molecular weight is 526 g/mol. The predicted molar refractivity (Wildman–Crippen MR) is 125 cm³/mol. The van der Waals surface area contributed by atoms with Crippen molar-refractivity contribution in [3.63, 3.8) is 0 Å². The van der Waals surface area contributed by atoms with Crippen LogP contribution in [0.1, 0.15) is 47.8 Å². The summed E-state index contributed by atoms with van der Waals surface area (Å²) in [5.74, 6) is -1.78. The molecule has 2 N–H and O–H groups in total. The van der Waals surface area contributed by atoms with E-state index in [0.29, 0.717) is 35.4 Å². The fraction of sp³-hybridized carbons (Fsp3) is 0.320. The van der Waals surface area contributed by atoms with Crippen molar-refractivity contribution in [2.45, 2.75) is 42.7 Å². The molecule has 0 radical (unpaired) electrons. The number of carbonyl (C=O) groups excluding carboxylic acids is 1. The maximum atomic E-state index is 15.4. The number of hydrogen-bond donors (Lipinski definition) is 2. The highest BCUT2D eigenvalue weighted by atomic mass is 19.4. The Morgan fingerprint density at radius 3 is 2.61 bits per heavy atom. The van der Waals surface area contributed by atoms with Crippen LogP contribution in [0.25, 0.3) is 16.9 Å². The minimum absolute atomic E-state index is 0.00776. The molecule has 2 fully saturated rings. The Morgan fingerprint density at radius 1 is 1.11 bits per heavy atom. The predicted octanol–water partition coefficient (Wildman–Crippen LogP) is 3.12. The second-order valence-corrected chi connectivity index (χ2v) is 10.1. The van der Waals surface area contributed by atoms with Crippen LogP contribution in [0.5, 0.6) is 0 Å². The van der Waals surface area contributed by atoms with Gasteiger partial charge in [0.15, 0.2) is 5.65 Å². The van der Waals surface area contributed by atoms with Crippen LogP contribution >= 0.6 is 0 Å². The minimum Gasteiger partial charge on any atom is -0.313 e. The van der Waals surface area contributed by atoms with Gasteiger partial charge < -0.3 is 9.88 Å². The van der Waals surface area contributed by atoms with E-state index in [4.69, 9.17) is 0 Å². The number of anilines is 1. The number of aromatic nitrogens is 5. The molecule has 4 aromatic rings. The zero-order valence-electron chi connectivity index (χ0n) is 19.5. The largest absolute Gasteiger partial charge is 0.406 e. The molecule has 1 spiro atoms. The van der Waals surface area contributed by atoms with Crippen molar-refractivity contribution < 1.29 is 22.4 Å². The molecule has 1 aromatic carbocycles. The van der Waals surface area contributed by atoms with Crippen molar-refractivity contribution >= 4 is 17.2 Å². The van der Waals surface area contributed by atoms with E-state index in [2.05, 4.69) is 20.1 Å². The number of fused-ring (bicyclic) bond motifs is 3. The third-order valence-electron chi connectivity index (χ3n) is 7.70. The average Bonchev–Trinajstić information content (AvgIpc) is 3.75. The van der Waals surface area contributed by atoms with Gasteiger partial charge in [0.2, 0.25) is 5.91 Å². The number of halogens is 4. The molecule has 3 aromatic heterocycles. The van der Waals surface area contributed by atoms with E-state index in [1.807, 2.05) is 0 Å². The third kappa shape index (κ3) is 3.33. The molecule has 9 nitrogen and oxygen atoms in total. The first-order valence-electron chi connectivity index (χ1n) is 11.9. The molecule has 0 unspecified atom stereocenters. The number of rotatable bonds is 4. The van der Waals surface area contributed by atoms with Crippen LogP contribution in [0.2, 0.25) is 0 Å². The Morgan fingerprint density at radius 2 is 1.89 bits per heavy atom. The van der Waals surface area contributed by atoms with Crippen LogP contribution in [0.4, 0.5) is 23.2 Å². The molecule has 2 aliphatic carbocycles. The molecule has 0 saturated heterocycles. The topological polar surface area (TPSA) is 116 Å². The zero-order valence-corrected chi connectivity index (χ0v) is 19.5. The number of nitrogens with one attached hydrogen (secondary N) is 2. The van der Waals surface area contributed by atoms with Crippen LogP contribution in [0, 0.1) is 5.82 Å². The van der Waals surface area contributed by atoms with Crippen molar-refractivity contribution in [2.24, 2.45) is 0 Å². The van der Waals surface area contributed by atoms with E-state index in [0.717, 1.165) is 5.56 Å². The Labute approximate surface area is 210 Å². The molecule has 2 saturated carbocycles. The number of benzene rings is 1. The van der Waals surface area contributed by atoms with Crippen LogP contribution < -0.4 is 16.1 Å². The van der Waals surface area contributed by atoms with Gasteiger partial charge in [-0.3, -0.25) is 14.6 Å². The van der Waals surface area contributed by atoms with E-state index in [1.54, 1.807) is 12.3 Å². The summed E-state index contributed by atoms with van der Waals surface area (Å²) in [5, 5.41) is 4.40. The third-order valence-corrected chi connectivity index (χ3v) is 7.70. The van der Waals surface area contributed by atoms with E-state index >= 15 is 4.39 Å². The normalized spacial score (nSPS) is 21.4. The summed E-state index contributed by atoms with van der Waals surface area (Å²) < 4.78 is 56.8. The van der Waals surface area contributed by atoms with Crippen molar-refractivity contribution in [1.29, 1.82) is 0 Å². The van der Waals surface area contributed by atoms with Gasteiger partial charge in [0.1, 0.15) is 12.4 Å². The Kier molecular flexibility index (Phi) is 4.45. The summed E-state index contributed by atoms with van der Waals surface area (Å²) in [6, 6.07) is 4.51. The van der Waals surface area contributed by atoms with Gasteiger partial charge in [0.05, 0.1) is 22.4 Å². The van der Waals surface area contributed by atoms with E-state index in [-0.39, 0.29) is 34.3 Å². The lowest BCUT2D eigenvalue weighted by atomic mass is 9.94. The van der Waals surface area contributed by atoms with E-state index < -0.39 is 41.1 Å². The molecule has 2 atom stereocenters. The summed E-state index contributed by atoms with van der Waals surface area (Å²) in [7, 11) is 0. The maximum Gasteiger partial charge on any atom is 0.406 e. The minimum atomic E-state index is -4.62. The SMILES string of the molecule is O=C1N(CC(F)(F)F)c2cc([C@H]3C[C@@H]3c3cc(-c4c[nH]c(=O)[nH]c4=O)nn4ccnc34)cc(F)c2C12CC2. The molecule has 4 heterocycles. The monoisotopic (exact) mass is 526 g/mol. The van der Waals surface area contributed by atoms with E-state index in [1.165, 1.54) is 29.0 Å². The van der Waals surface area contributed by atoms with Gasteiger partial charge in [0.25, 0.3) is 5.56 Å². The second-order valence-electron chi connectivity index (χ2n) is 10.1. The Bertz CT molecular complexity index is 1780. The molecule has 194 valence electrons. The van der Waals surface area contributed by atoms with Crippen molar-refractivity contribution in [1.82, 2.24) is 24.6 Å². The van der Waals surface area contributed by atoms with Crippen molar-refractivity contribution in [3.8, 4) is 11.3 Å². The molecule has 38 heavy (non-hydrogen) atoms.